The Balaban J connectivity index is 1.97. The van der Waals surface area contributed by atoms with Crippen molar-refractivity contribution in [2.75, 3.05) is 13.7 Å². The van der Waals surface area contributed by atoms with E-state index in [2.05, 4.69) is 15.6 Å². The second-order valence-corrected chi connectivity index (χ2v) is 5.41. The van der Waals surface area contributed by atoms with E-state index in [1.165, 1.54) is 0 Å². The Morgan fingerprint density at radius 1 is 1.24 bits per heavy atom. The molecule has 1 aliphatic heterocycles. The summed E-state index contributed by atoms with van der Waals surface area (Å²) in [7, 11) is 1.66. The van der Waals surface area contributed by atoms with Gasteiger partial charge in [0.15, 0.2) is 4.77 Å². The highest BCUT2D eigenvalue weighted by Crippen LogP contribution is 2.37. The third kappa shape index (κ3) is 1.77. The van der Waals surface area contributed by atoms with E-state index in [9.17, 15) is 0 Å². The van der Waals surface area contributed by atoms with E-state index in [1.807, 2.05) is 36.4 Å². The van der Waals surface area contributed by atoms with E-state index in [1.54, 1.807) is 7.11 Å². The lowest BCUT2D eigenvalue weighted by Gasteiger charge is -2.12. The van der Waals surface area contributed by atoms with E-state index < -0.39 is 0 Å². The molecule has 4 nitrogen and oxygen atoms in total. The SMILES string of the molecule is COc1cccc2c1[nH]c(=S)n2C1COc2ccccc21. The Bertz CT molecular complexity index is 881. The van der Waals surface area contributed by atoms with Gasteiger partial charge in [0, 0.05) is 5.56 Å². The molecule has 0 radical (unpaired) electrons. The molecule has 106 valence electrons. The van der Waals surface area contributed by atoms with Crippen molar-refractivity contribution in [1.82, 2.24) is 9.55 Å². The van der Waals surface area contributed by atoms with Crippen LogP contribution < -0.4 is 9.47 Å². The van der Waals surface area contributed by atoms with Gasteiger partial charge in [0.25, 0.3) is 0 Å². The van der Waals surface area contributed by atoms with Gasteiger partial charge in [-0.3, -0.25) is 0 Å². The van der Waals surface area contributed by atoms with Crippen LogP contribution in [0.3, 0.4) is 0 Å². The molecule has 3 aromatic rings. The van der Waals surface area contributed by atoms with Crippen molar-refractivity contribution < 1.29 is 9.47 Å². The predicted molar refractivity (Wildman–Crippen MR) is 83.8 cm³/mol. The number of nitrogens with one attached hydrogen (secondary N) is 1. The van der Waals surface area contributed by atoms with Crippen molar-refractivity contribution in [3.8, 4) is 11.5 Å². The van der Waals surface area contributed by atoms with E-state index in [0.717, 1.165) is 28.1 Å². The molecule has 2 heterocycles. The summed E-state index contributed by atoms with van der Waals surface area (Å²) in [5.41, 5.74) is 3.12. The van der Waals surface area contributed by atoms with Crippen LogP contribution >= 0.6 is 12.2 Å². The quantitative estimate of drug-likeness (QED) is 0.733. The third-order valence-electron chi connectivity index (χ3n) is 3.92. The smallest absolute Gasteiger partial charge is 0.178 e. The zero-order valence-corrected chi connectivity index (χ0v) is 12.3. The number of methoxy groups -OCH3 is 1. The molecule has 0 fully saturated rings. The fourth-order valence-electron chi connectivity index (χ4n) is 2.96. The lowest BCUT2D eigenvalue weighted by Crippen LogP contribution is -2.12. The maximum Gasteiger partial charge on any atom is 0.178 e. The molecule has 0 spiro atoms. The van der Waals surface area contributed by atoms with E-state index in [-0.39, 0.29) is 6.04 Å². The van der Waals surface area contributed by atoms with Crippen LogP contribution in [0.25, 0.3) is 11.0 Å². The second kappa shape index (κ2) is 4.63. The summed E-state index contributed by atoms with van der Waals surface area (Å²) < 4.78 is 14.0. The maximum atomic E-state index is 5.78. The van der Waals surface area contributed by atoms with Crippen LogP contribution in [0.1, 0.15) is 11.6 Å². The van der Waals surface area contributed by atoms with Crippen molar-refractivity contribution in [1.29, 1.82) is 0 Å². The van der Waals surface area contributed by atoms with Crippen molar-refractivity contribution >= 4 is 23.3 Å². The summed E-state index contributed by atoms with van der Waals surface area (Å²) >= 11 is 5.52. The van der Waals surface area contributed by atoms with Gasteiger partial charge < -0.3 is 19.0 Å². The first-order chi connectivity index (χ1) is 10.3. The molecule has 21 heavy (non-hydrogen) atoms. The number of hydrogen-bond donors (Lipinski definition) is 1. The molecule has 0 saturated heterocycles. The Kier molecular flexibility index (Phi) is 2.75. The number of benzene rings is 2. The lowest BCUT2D eigenvalue weighted by atomic mass is 10.1. The first-order valence-corrected chi connectivity index (χ1v) is 7.19. The Morgan fingerprint density at radius 2 is 2.10 bits per heavy atom. The maximum absolute atomic E-state index is 5.78. The molecule has 2 aromatic carbocycles. The largest absolute Gasteiger partial charge is 0.494 e. The van der Waals surface area contributed by atoms with E-state index in [0.29, 0.717) is 11.4 Å². The molecule has 1 atom stereocenters. The van der Waals surface area contributed by atoms with Gasteiger partial charge in [0.2, 0.25) is 0 Å². The highest BCUT2D eigenvalue weighted by atomic mass is 32.1. The summed E-state index contributed by atoms with van der Waals surface area (Å²) in [6.45, 7) is 0.595. The zero-order chi connectivity index (χ0) is 14.4. The molecule has 0 amide bonds. The van der Waals surface area contributed by atoms with Gasteiger partial charge in [-0.15, -0.1) is 0 Å². The van der Waals surface area contributed by atoms with Gasteiger partial charge >= 0.3 is 0 Å². The Labute approximate surface area is 126 Å². The van der Waals surface area contributed by atoms with Gasteiger partial charge in [-0.05, 0) is 30.4 Å². The molecule has 4 rings (SSSR count). The number of rotatable bonds is 2. The van der Waals surface area contributed by atoms with E-state index >= 15 is 0 Å². The minimum Gasteiger partial charge on any atom is -0.494 e. The molecule has 1 aliphatic rings. The number of para-hydroxylation sites is 2. The molecule has 0 bridgehead atoms. The van der Waals surface area contributed by atoms with Gasteiger partial charge in [-0.25, -0.2) is 0 Å². The highest BCUT2D eigenvalue weighted by Gasteiger charge is 2.27. The van der Waals surface area contributed by atoms with Crippen molar-refractivity contribution in [3.05, 3.63) is 52.8 Å². The predicted octanol–water partition coefficient (Wildman–Crippen LogP) is 3.69. The minimum absolute atomic E-state index is 0.0922. The minimum atomic E-state index is 0.0922. The van der Waals surface area contributed by atoms with Crippen LogP contribution in [0.15, 0.2) is 42.5 Å². The number of hydrogen-bond acceptors (Lipinski definition) is 3. The molecule has 0 aliphatic carbocycles. The van der Waals surface area contributed by atoms with Crippen LogP contribution in [0.5, 0.6) is 11.5 Å². The fourth-order valence-corrected chi connectivity index (χ4v) is 3.29. The number of aromatic amines is 1. The number of aromatic nitrogens is 2. The summed E-state index contributed by atoms with van der Waals surface area (Å²) in [6, 6.07) is 14.1. The standard InChI is InChI=1S/C16H14N2O2S/c1-19-14-8-4-6-11-15(14)17-16(21)18(11)12-9-20-13-7-3-2-5-10(12)13/h2-8,12H,9H2,1H3,(H,17,21). The lowest BCUT2D eigenvalue weighted by molar-refractivity contribution is 0.318. The van der Waals surface area contributed by atoms with Gasteiger partial charge in [0.1, 0.15) is 23.6 Å². The number of nitrogens with zero attached hydrogens (tertiary/aromatic N) is 1. The summed E-state index contributed by atoms with van der Waals surface area (Å²) in [5.74, 6) is 1.73. The van der Waals surface area contributed by atoms with Crippen LogP contribution in [0.4, 0.5) is 0 Å². The van der Waals surface area contributed by atoms with Crippen LogP contribution in [-0.4, -0.2) is 23.3 Å². The summed E-state index contributed by atoms with van der Waals surface area (Å²) in [4.78, 5) is 3.25. The van der Waals surface area contributed by atoms with Gasteiger partial charge in [-0.2, -0.15) is 0 Å². The van der Waals surface area contributed by atoms with Crippen LogP contribution in [0.2, 0.25) is 0 Å². The van der Waals surface area contributed by atoms with Crippen LogP contribution in [0, 0.1) is 4.77 Å². The average molecular weight is 298 g/mol. The number of fused-ring (bicyclic) bond motifs is 2. The number of imidazole rings is 1. The van der Waals surface area contributed by atoms with Crippen molar-refractivity contribution in [3.63, 3.8) is 0 Å². The zero-order valence-electron chi connectivity index (χ0n) is 11.5. The highest BCUT2D eigenvalue weighted by molar-refractivity contribution is 7.71. The topological polar surface area (TPSA) is 39.2 Å². The second-order valence-electron chi connectivity index (χ2n) is 5.02. The molecule has 0 saturated carbocycles. The van der Waals surface area contributed by atoms with Crippen LogP contribution in [-0.2, 0) is 0 Å². The van der Waals surface area contributed by atoms with E-state index in [4.69, 9.17) is 21.7 Å². The van der Waals surface area contributed by atoms with Gasteiger partial charge in [0.05, 0.1) is 18.7 Å². The molecule has 1 aromatic heterocycles. The Hall–Kier alpha value is -2.27. The first-order valence-electron chi connectivity index (χ1n) is 6.78. The molecule has 5 heteroatoms. The molecule has 1 unspecified atom stereocenters. The number of ether oxygens (including phenoxy) is 2. The Morgan fingerprint density at radius 3 is 2.95 bits per heavy atom. The normalized spacial score (nSPS) is 16.7. The fraction of sp³-hybridized carbons (Fsp3) is 0.188. The summed E-state index contributed by atoms with van der Waals surface area (Å²) in [5, 5.41) is 0. The number of H-pyrrole nitrogens is 1. The summed E-state index contributed by atoms with van der Waals surface area (Å²) in [6.07, 6.45) is 0. The van der Waals surface area contributed by atoms with Gasteiger partial charge in [-0.1, -0.05) is 24.3 Å². The monoisotopic (exact) mass is 298 g/mol. The van der Waals surface area contributed by atoms with Crippen molar-refractivity contribution in [2.45, 2.75) is 6.04 Å². The average Bonchev–Trinajstić information content (AvgIpc) is 3.06. The molecule has 1 N–H and O–H groups in total. The molecular weight excluding hydrogens is 284 g/mol. The third-order valence-corrected chi connectivity index (χ3v) is 4.22. The van der Waals surface area contributed by atoms with Crippen molar-refractivity contribution in [2.24, 2.45) is 0 Å². The molecular formula is C16H14N2O2S. The first kappa shape index (κ1) is 12.5.